The molecule has 0 saturated heterocycles. The second-order valence-electron chi connectivity index (χ2n) is 4.98. The van der Waals surface area contributed by atoms with Crippen LogP contribution < -0.4 is 10.5 Å². The van der Waals surface area contributed by atoms with Gasteiger partial charge >= 0.3 is 0 Å². The van der Waals surface area contributed by atoms with Crippen molar-refractivity contribution in [1.82, 2.24) is 4.72 Å². The zero-order valence-corrected chi connectivity index (χ0v) is 13.7. The van der Waals surface area contributed by atoms with Crippen LogP contribution in [0.15, 0.2) is 29.2 Å². The second kappa shape index (κ2) is 6.51. The highest BCUT2D eigenvalue weighted by molar-refractivity contribution is 14.1. The molecule has 2 rings (SSSR count). The zero-order chi connectivity index (χ0) is 13.9. The summed E-state index contributed by atoms with van der Waals surface area (Å²) < 4.78 is 28.4. The van der Waals surface area contributed by atoms with Crippen molar-refractivity contribution >= 4 is 32.6 Å². The molecule has 0 radical (unpaired) electrons. The molecule has 0 spiro atoms. The molecule has 0 aliphatic heterocycles. The van der Waals surface area contributed by atoms with Crippen molar-refractivity contribution in [1.29, 1.82) is 0 Å². The topological polar surface area (TPSA) is 72.2 Å². The maximum atomic E-state index is 12.3. The van der Waals surface area contributed by atoms with E-state index in [0.29, 0.717) is 4.90 Å². The molecule has 4 nitrogen and oxygen atoms in total. The average molecular weight is 394 g/mol. The quantitative estimate of drug-likeness (QED) is 0.610. The Morgan fingerprint density at radius 3 is 2.42 bits per heavy atom. The smallest absolute Gasteiger partial charge is 0.240 e. The van der Waals surface area contributed by atoms with E-state index in [1.165, 1.54) is 0 Å². The second-order valence-corrected chi connectivity index (χ2v) is 7.94. The fraction of sp³-hybridized carbons (Fsp3) is 0.538. The van der Waals surface area contributed by atoms with Gasteiger partial charge in [-0.15, -0.1) is 0 Å². The van der Waals surface area contributed by atoms with Crippen LogP contribution in [-0.4, -0.2) is 20.5 Å². The minimum atomic E-state index is -3.46. The minimum absolute atomic E-state index is 0.0823. The standard InChI is InChI=1S/C13H19IN2O2S/c14-10-6-8-11(9-7-10)19(17,18)16-13-5-3-1-2-4-12(13)15/h6-9,12-13,16H,1-5,15H2. The highest BCUT2D eigenvalue weighted by Gasteiger charge is 2.25. The van der Waals surface area contributed by atoms with Crippen LogP contribution >= 0.6 is 22.6 Å². The van der Waals surface area contributed by atoms with Gasteiger partial charge in [0.25, 0.3) is 0 Å². The highest BCUT2D eigenvalue weighted by Crippen LogP contribution is 2.19. The van der Waals surface area contributed by atoms with Crippen LogP contribution in [0.2, 0.25) is 0 Å². The van der Waals surface area contributed by atoms with Crippen molar-refractivity contribution in [2.75, 3.05) is 0 Å². The number of nitrogens with two attached hydrogens (primary N) is 1. The minimum Gasteiger partial charge on any atom is -0.326 e. The number of hydrogen-bond acceptors (Lipinski definition) is 3. The molecule has 0 aromatic heterocycles. The highest BCUT2D eigenvalue weighted by atomic mass is 127. The van der Waals surface area contributed by atoms with Crippen molar-refractivity contribution in [3.8, 4) is 0 Å². The summed E-state index contributed by atoms with van der Waals surface area (Å²) in [5.74, 6) is 0. The fourth-order valence-electron chi connectivity index (χ4n) is 2.36. The Balaban J connectivity index is 2.13. The summed E-state index contributed by atoms with van der Waals surface area (Å²) in [6.07, 6.45) is 4.97. The molecule has 0 heterocycles. The maximum Gasteiger partial charge on any atom is 0.240 e. The Kier molecular flexibility index (Phi) is 5.22. The van der Waals surface area contributed by atoms with Gasteiger partial charge in [-0.05, 0) is 59.7 Å². The number of sulfonamides is 1. The van der Waals surface area contributed by atoms with Crippen LogP contribution in [-0.2, 0) is 10.0 Å². The first-order chi connectivity index (χ1) is 8.99. The number of halogens is 1. The van der Waals surface area contributed by atoms with Crippen LogP contribution in [0.3, 0.4) is 0 Å². The van der Waals surface area contributed by atoms with Crippen LogP contribution in [0.4, 0.5) is 0 Å². The molecule has 106 valence electrons. The van der Waals surface area contributed by atoms with E-state index >= 15 is 0 Å². The molecule has 1 fully saturated rings. The molecule has 19 heavy (non-hydrogen) atoms. The summed E-state index contributed by atoms with van der Waals surface area (Å²) in [7, 11) is -3.46. The lowest BCUT2D eigenvalue weighted by atomic mass is 10.1. The van der Waals surface area contributed by atoms with Gasteiger partial charge in [0.15, 0.2) is 0 Å². The SMILES string of the molecule is NC1CCCCCC1NS(=O)(=O)c1ccc(I)cc1. The molecule has 3 N–H and O–H groups in total. The summed E-state index contributed by atoms with van der Waals surface area (Å²) in [5, 5.41) is 0. The Labute approximate surface area is 128 Å². The Bertz CT molecular complexity index is 516. The summed E-state index contributed by atoms with van der Waals surface area (Å²) in [5.41, 5.74) is 6.06. The monoisotopic (exact) mass is 394 g/mol. The van der Waals surface area contributed by atoms with Gasteiger partial charge in [0.05, 0.1) is 4.90 Å². The molecule has 0 bridgehead atoms. The first-order valence-electron chi connectivity index (χ1n) is 6.52. The van der Waals surface area contributed by atoms with Crippen molar-refractivity contribution in [2.45, 2.75) is 49.1 Å². The molecule has 1 aromatic carbocycles. The lowest BCUT2D eigenvalue weighted by molar-refractivity contribution is 0.456. The summed E-state index contributed by atoms with van der Waals surface area (Å²) in [4.78, 5) is 0.310. The van der Waals surface area contributed by atoms with Gasteiger partial charge in [-0.3, -0.25) is 0 Å². The van der Waals surface area contributed by atoms with E-state index < -0.39 is 10.0 Å². The van der Waals surface area contributed by atoms with Crippen molar-refractivity contribution in [2.24, 2.45) is 5.73 Å². The van der Waals surface area contributed by atoms with Crippen LogP contribution in [0.5, 0.6) is 0 Å². The lowest BCUT2D eigenvalue weighted by Crippen LogP contribution is -2.46. The Hall–Kier alpha value is -0.180. The third kappa shape index (κ3) is 4.14. The Morgan fingerprint density at radius 2 is 1.74 bits per heavy atom. The van der Waals surface area contributed by atoms with Gasteiger partial charge in [0, 0.05) is 15.7 Å². The van der Waals surface area contributed by atoms with Crippen LogP contribution in [0, 0.1) is 3.57 Å². The molecular weight excluding hydrogens is 375 g/mol. The number of nitrogens with one attached hydrogen (secondary N) is 1. The van der Waals surface area contributed by atoms with E-state index in [-0.39, 0.29) is 12.1 Å². The summed E-state index contributed by atoms with van der Waals surface area (Å²) in [6.45, 7) is 0. The molecule has 1 aromatic rings. The van der Waals surface area contributed by atoms with Gasteiger partial charge in [-0.1, -0.05) is 19.3 Å². The van der Waals surface area contributed by atoms with Gasteiger partial charge in [-0.2, -0.15) is 0 Å². The molecule has 1 aliphatic carbocycles. The molecule has 1 aliphatic rings. The van der Waals surface area contributed by atoms with E-state index in [2.05, 4.69) is 27.3 Å². The van der Waals surface area contributed by atoms with E-state index in [9.17, 15) is 8.42 Å². The number of rotatable bonds is 3. The van der Waals surface area contributed by atoms with E-state index in [4.69, 9.17) is 5.73 Å². The molecular formula is C13H19IN2O2S. The van der Waals surface area contributed by atoms with Crippen molar-refractivity contribution in [3.63, 3.8) is 0 Å². The van der Waals surface area contributed by atoms with Crippen LogP contribution in [0.1, 0.15) is 32.1 Å². The predicted molar refractivity (Wildman–Crippen MR) is 84.3 cm³/mol. The third-order valence-corrected chi connectivity index (χ3v) is 5.72. The molecule has 0 amide bonds. The molecule has 2 atom stereocenters. The lowest BCUT2D eigenvalue weighted by Gasteiger charge is -2.22. The van der Waals surface area contributed by atoms with E-state index in [1.54, 1.807) is 24.3 Å². The largest absolute Gasteiger partial charge is 0.326 e. The number of benzene rings is 1. The van der Waals surface area contributed by atoms with E-state index in [1.807, 2.05) is 0 Å². The van der Waals surface area contributed by atoms with Crippen molar-refractivity contribution < 1.29 is 8.42 Å². The first kappa shape index (κ1) is 15.2. The van der Waals surface area contributed by atoms with Gasteiger partial charge in [0.1, 0.15) is 0 Å². The van der Waals surface area contributed by atoms with Gasteiger partial charge < -0.3 is 5.73 Å². The van der Waals surface area contributed by atoms with Gasteiger partial charge in [-0.25, -0.2) is 13.1 Å². The fourth-order valence-corrected chi connectivity index (χ4v) is 4.04. The van der Waals surface area contributed by atoms with E-state index in [0.717, 1.165) is 35.7 Å². The summed E-state index contributed by atoms with van der Waals surface area (Å²) >= 11 is 2.15. The molecule has 2 unspecified atom stereocenters. The summed E-state index contributed by atoms with van der Waals surface area (Å²) in [6, 6.07) is 6.62. The first-order valence-corrected chi connectivity index (χ1v) is 9.09. The maximum absolute atomic E-state index is 12.3. The molecule has 6 heteroatoms. The molecule has 1 saturated carbocycles. The normalized spacial score (nSPS) is 24.9. The van der Waals surface area contributed by atoms with Crippen molar-refractivity contribution in [3.05, 3.63) is 27.8 Å². The third-order valence-electron chi connectivity index (χ3n) is 3.50. The van der Waals surface area contributed by atoms with Gasteiger partial charge in [0.2, 0.25) is 10.0 Å². The number of hydrogen-bond donors (Lipinski definition) is 2. The Morgan fingerprint density at radius 1 is 1.11 bits per heavy atom. The average Bonchev–Trinajstić information content (AvgIpc) is 2.55. The predicted octanol–water partition coefficient (Wildman–Crippen LogP) is 2.23. The van der Waals surface area contributed by atoms with Crippen LogP contribution in [0.25, 0.3) is 0 Å². The zero-order valence-electron chi connectivity index (χ0n) is 10.7.